The standard InChI is InChI=1S/C39H47N3O8S2/c1-6-41-33-20-18-29(51(45,46)47)25-31(33)38(2,3)35(41)11-10-12-36-39(4,5)32-26-30(52(48,49)50)19-21-34(32)42(36)24-9-7-8-13-37(44)40-23-22-27-14-16-28(43)17-15-27/h10-12,14-21,25-26H,6-9,13,22-24H2,1-5H3,(H3-,40,43,44,45,46,47,48,49,50). The summed E-state index contributed by atoms with van der Waals surface area (Å²) in [5.74, 6) is 0.184. The number of unbranched alkanes of at least 4 members (excludes halogenated alkanes) is 2. The Morgan fingerprint density at radius 3 is 2.23 bits per heavy atom. The van der Waals surface area contributed by atoms with E-state index in [1.807, 2.05) is 65.0 Å². The van der Waals surface area contributed by atoms with E-state index in [0.29, 0.717) is 38.9 Å². The van der Waals surface area contributed by atoms with E-state index in [1.165, 1.54) is 24.3 Å². The van der Waals surface area contributed by atoms with Crippen molar-refractivity contribution in [2.45, 2.75) is 87.3 Å². The minimum Gasteiger partial charge on any atom is -0.744 e. The van der Waals surface area contributed by atoms with E-state index < -0.39 is 31.1 Å². The number of carbonyl (C=O) groups is 1. The van der Waals surface area contributed by atoms with Crippen molar-refractivity contribution < 1.29 is 40.4 Å². The van der Waals surface area contributed by atoms with E-state index in [9.17, 15) is 35.8 Å². The number of nitrogens with zero attached hydrogens (tertiary/aromatic N) is 2. The number of nitrogens with one attached hydrogen (secondary N) is 1. The second-order valence-corrected chi connectivity index (χ2v) is 17.1. The lowest BCUT2D eigenvalue weighted by molar-refractivity contribution is -0.438. The molecular formula is C39H47N3O8S2. The Kier molecular flexibility index (Phi) is 11.2. The van der Waals surface area contributed by atoms with Gasteiger partial charge in [0.1, 0.15) is 22.4 Å². The molecule has 2 aliphatic rings. The first-order chi connectivity index (χ1) is 24.4. The lowest BCUT2D eigenvalue weighted by Gasteiger charge is -2.25. The zero-order valence-electron chi connectivity index (χ0n) is 30.2. The highest BCUT2D eigenvalue weighted by Gasteiger charge is 2.45. The van der Waals surface area contributed by atoms with Crippen LogP contribution in [-0.2, 0) is 42.3 Å². The predicted molar refractivity (Wildman–Crippen MR) is 200 cm³/mol. The summed E-state index contributed by atoms with van der Waals surface area (Å²) in [5, 5.41) is 12.4. The van der Waals surface area contributed by atoms with Crippen molar-refractivity contribution >= 4 is 43.2 Å². The number of carbonyl (C=O) groups excluding carboxylic acids is 1. The van der Waals surface area contributed by atoms with Gasteiger partial charge in [-0.25, -0.2) is 8.42 Å². The molecule has 52 heavy (non-hydrogen) atoms. The molecule has 0 spiro atoms. The van der Waals surface area contributed by atoms with Crippen LogP contribution in [0.15, 0.2) is 94.4 Å². The summed E-state index contributed by atoms with van der Waals surface area (Å²) in [5.41, 5.74) is 4.84. The highest BCUT2D eigenvalue weighted by Crippen LogP contribution is 2.48. The van der Waals surface area contributed by atoms with Gasteiger partial charge in [0.2, 0.25) is 11.6 Å². The van der Waals surface area contributed by atoms with Crippen LogP contribution < -0.4 is 10.2 Å². The van der Waals surface area contributed by atoms with Crippen molar-refractivity contribution in [2.75, 3.05) is 24.5 Å². The number of amides is 1. The predicted octanol–water partition coefficient (Wildman–Crippen LogP) is 6.10. The fourth-order valence-electron chi connectivity index (χ4n) is 7.27. The lowest BCUT2D eigenvalue weighted by Crippen LogP contribution is -2.28. The van der Waals surface area contributed by atoms with Crippen molar-refractivity contribution in [3.63, 3.8) is 0 Å². The average molecular weight is 750 g/mol. The van der Waals surface area contributed by atoms with Gasteiger partial charge in [0, 0.05) is 60.4 Å². The van der Waals surface area contributed by atoms with Crippen LogP contribution in [0.1, 0.15) is 77.0 Å². The molecule has 3 N–H and O–H groups in total. The number of rotatable bonds is 14. The summed E-state index contributed by atoms with van der Waals surface area (Å²) in [6.07, 6.45) is 9.24. The number of likely N-dealkylation sites (N-methyl/N-ethyl adjacent to an activating group) is 1. The van der Waals surface area contributed by atoms with Gasteiger partial charge < -0.3 is 19.9 Å². The molecule has 0 aliphatic carbocycles. The first-order valence-electron chi connectivity index (χ1n) is 17.4. The number of anilines is 1. The first kappa shape index (κ1) is 38.9. The minimum absolute atomic E-state index is 0.0201. The second kappa shape index (κ2) is 15.0. The topological polar surface area (TPSA) is 167 Å². The van der Waals surface area contributed by atoms with Crippen LogP contribution in [0.4, 0.5) is 11.4 Å². The van der Waals surface area contributed by atoms with Crippen LogP contribution >= 0.6 is 0 Å². The molecule has 2 aliphatic heterocycles. The normalized spacial score (nSPS) is 17.2. The van der Waals surface area contributed by atoms with Gasteiger partial charge in [0.05, 0.1) is 15.2 Å². The molecule has 5 rings (SSSR count). The summed E-state index contributed by atoms with van der Waals surface area (Å²) in [7, 11) is -9.04. The molecule has 0 saturated heterocycles. The largest absolute Gasteiger partial charge is 0.744 e. The number of hydrogen-bond acceptors (Lipinski definition) is 8. The Bertz CT molecular complexity index is 2170. The maximum atomic E-state index is 12.5. The van der Waals surface area contributed by atoms with Crippen LogP contribution in [0.3, 0.4) is 0 Å². The molecule has 0 saturated carbocycles. The molecule has 0 radical (unpaired) electrons. The average Bonchev–Trinajstić information content (AvgIpc) is 3.42. The van der Waals surface area contributed by atoms with E-state index in [-0.39, 0.29) is 21.4 Å². The van der Waals surface area contributed by atoms with Gasteiger partial charge in [-0.15, -0.1) is 0 Å². The maximum Gasteiger partial charge on any atom is 0.294 e. The maximum absolute atomic E-state index is 12.5. The third-order valence-corrected chi connectivity index (χ3v) is 11.8. The molecule has 13 heteroatoms. The fourth-order valence-corrected chi connectivity index (χ4v) is 8.27. The molecule has 278 valence electrons. The third kappa shape index (κ3) is 8.17. The second-order valence-electron chi connectivity index (χ2n) is 14.3. The Hall–Kier alpha value is -4.30. The molecule has 0 atom stereocenters. The van der Waals surface area contributed by atoms with Crippen molar-refractivity contribution in [3.05, 3.63) is 101 Å². The molecular weight excluding hydrogens is 703 g/mol. The quantitative estimate of drug-likeness (QED) is 0.100. The van der Waals surface area contributed by atoms with Crippen LogP contribution in [0, 0.1) is 0 Å². The zero-order valence-corrected chi connectivity index (χ0v) is 31.9. The Balaban J connectivity index is 1.35. The molecule has 0 fully saturated rings. The SMILES string of the molecule is CCN1C(=C/C=C/C2=[N+](CCCCCC(=O)NCCc3ccc(O)cc3)c3ccc(S(=O)(=O)[O-])cc3C2(C)C)C(C)(C)c2cc(S(=O)(=O)O)ccc21. The first-order valence-corrected chi connectivity index (χ1v) is 20.3. The molecule has 11 nitrogen and oxygen atoms in total. The summed E-state index contributed by atoms with van der Waals surface area (Å²) in [6.45, 7) is 11.7. The molecule has 0 unspecified atom stereocenters. The van der Waals surface area contributed by atoms with Crippen LogP contribution in [0.5, 0.6) is 5.75 Å². The Morgan fingerprint density at radius 2 is 1.58 bits per heavy atom. The number of hydrogen-bond donors (Lipinski definition) is 3. The Morgan fingerprint density at radius 1 is 0.904 bits per heavy atom. The van der Waals surface area contributed by atoms with E-state index in [0.717, 1.165) is 52.3 Å². The summed E-state index contributed by atoms with van der Waals surface area (Å²) >= 11 is 0. The number of allylic oxidation sites excluding steroid dienone is 4. The van der Waals surface area contributed by atoms with Gasteiger partial charge in [-0.05, 0) is 99.7 Å². The van der Waals surface area contributed by atoms with Crippen molar-refractivity contribution in [1.82, 2.24) is 5.32 Å². The summed E-state index contributed by atoms with van der Waals surface area (Å²) < 4.78 is 71.6. The number of phenolic OH excluding ortho intramolecular Hbond substituents is 1. The monoisotopic (exact) mass is 749 g/mol. The van der Waals surface area contributed by atoms with E-state index in [1.54, 1.807) is 24.3 Å². The highest BCUT2D eigenvalue weighted by molar-refractivity contribution is 7.86. The highest BCUT2D eigenvalue weighted by atomic mass is 32.2. The van der Waals surface area contributed by atoms with E-state index >= 15 is 0 Å². The van der Waals surface area contributed by atoms with Gasteiger partial charge in [-0.1, -0.05) is 32.1 Å². The lowest BCUT2D eigenvalue weighted by atomic mass is 9.81. The molecule has 3 aromatic rings. The van der Waals surface area contributed by atoms with Crippen molar-refractivity contribution in [1.29, 1.82) is 0 Å². The fraction of sp³-hybridized carbons (Fsp3) is 0.385. The molecule has 2 heterocycles. The van der Waals surface area contributed by atoms with Crippen molar-refractivity contribution in [3.8, 4) is 5.75 Å². The zero-order chi connectivity index (χ0) is 38.1. The third-order valence-electron chi connectivity index (χ3n) is 10.1. The van der Waals surface area contributed by atoms with Gasteiger partial charge in [0.25, 0.3) is 10.1 Å². The van der Waals surface area contributed by atoms with Gasteiger partial charge in [0.15, 0.2) is 5.71 Å². The van der Waals surface area contributed by atoms with Crippen LogP contribution in [-0.4, -0.2) is 66.9 Å². The number of aromatic hydroxyl groups is 1. The molecule has 0 bridgehead atoms. The van der Waals surface area contributed by atoms with Crippen molar-refractivity contribution in [2.24, 2.45) is 0 Å². The Labute approximate surface area is 306 Å². The minimum atomic E-state index is -4.67. The number of fused-ring (bicyclic) bond motifs is 2. The molecule has 3 aromatic carbocycles. The van der Waals surface area contributed by atoms with E-state index in [4.69, 9.17) is 0 Å². The van der Waals surface area contributed by atoms with E-state index in [2.05, 4.69) is 14.8 Å². The number of benzene rings is 3. The van der Waals surface area contributed by atoms with Gasteiger partial charge in [-0.2, -0.15) is 13.0 Å². The molecule has 0 aromatic heterocycles. The van der Waals surface area contributed by atoms with Crippen LogP contribution in [0.2, 0.25) is 0 Å². The summed E-state index contributed by atoms with van der Waals surface area (Å²) in [6, 6.07) is 16.0. The van der Waals surface area contributed by atoms with Crippen LogP contribution in [0.25, 0.3) is 0 Å². The smallest absolute Gasteiger partial charge is 0.294 e. The van der Waals surface area contributed by atoms with Gasteiger partial charge in [-0.3, -0.25) is 9.35 Å². The van der Waals surface area contributed by atoms with Gasteiger partial charge >= 0.3 is 0 Å². The number of phenols is 1. The summed E-state index contributed by atoms with van der Waals surface area (Å²) in [4.78, 5) is 14.1. The molecule has 1 amide bonds.